The molecule has 6 heteroatoms. The van der Waals surface area contributed by atoms with Gasteiger partial charge in [0.2, 0.25) is 0 Å². The van der Waals surface area contributed by atoms with E-state index in [2.05, 4.69) is 4.90 Å². The van der Waals surface area contributed by atoms with E-state index in [4.69, 9.17) is 10.5 Å². The van der Waals surface area contributed by atoms with Crippen molar-refractivity contribution in [3.8, 4) is 0 Å². The van der Waals surface area contributed by atoms with Gasteiger partial charge in [-0.05, 0) is 13.8 Å². The van der Waals surface area contributed by atoms with E-state index in [1.165, 1.54) is 0 Å². The van der Waals surface area contributed by atoms with E-state index in [9.17, 15) is 8.42 Å². The summed E-state index contributed by atoms with van der Waals surface area (Å²) in [5.74, 6) is 0.325. The number of morpholine rings is 1. The highest BCUT2D eigenvalue weighted by molar-refractivity contribution is 7.91. The van der Waals surface area contributed by atoms with Gasteiger partial charge in [0.25, 0.3) is 0 Å². The Kier molecular flexibility index (Phi) is 3.27. The van der Waals surface area contributed by atoms with E-state index in [1.807, 2.05) is 13.8 Å². The molecule has 2 saturated heterocycles. The Hall–Kier alpha value is -0.170. The van der Waals surface area contributed by atoms with E-state index in [1.54, 1.807) is 0 Å². The van der Waals surface area contributed by atoms with Crippen LogP contribution in [0, 0.1) is 0 Å². The summed E-state index contributed by atoms with van der Waals surface area (Å²) in [5.41, 5.74) is 5.91. The van der Waals surface area contributed by atoms with Gasteiger partial charge in [-0.25, -0.2) is 8.42 Å². The molecule has 2 aliphatic rings. The summed E-state index contributed by atoms with van der Waals surface area (Å²) in [7, 11) is -2.94. The van der Waals surface area contributed by atoms with Crippen molar-refractivity contribution in [3.63, 3.8) is 0 Å². The van der Waals surface area contributed by atoms with Crippen LogP contribution in [-0.4, -0.2) is 62.2 Å². The summed E-state index contributed by atoms with van der Waals surface area (Å²) in [4.78, 5) is 2.17. The van der Waals surface area contributed by atoms with Gasteiger partial charge >= 0.3 is 0 Å². The molecular weight excluding hydrogens is 228 g/mol. The van der Waals surface area contributed by atoms with Crippen molar-refractivity contribution in [2.24, 2.45) is 5.73 Å². The van der Waals surface area contributed by atoms with Crippen LogP contribution in [-0.2, 0) is 14.6 Å². The molecular formula is C10H20N2O3S. The number of hydrogen-bond donors (Lipinski definition) is 1. The van der Waals surface area contributed by atoms with Gasteiger partial charge in [0.1, 0.15) is 0 Å². The molecule has 0 bridgehead atoms. The van der Waals surface area contributed by atoms with E-state index < -0.39 is 9.84 Å². The number of sulfone groups is 1. The Morgan fingerprint density at radius 2 is 1.75 bits per heavy atom. The molecule has 16 heavy (non-hydrogen) atoms. The van der Waals surface area contributed by atoms with E-state index in [-0.39, 0.29) is 35.8 Å². The lowest BCUT2D eigenvalue weighted by Gasteiger charge is -2.39. The van der Waals surface area contributed by atoms with Crippen molar-refractivity contribution in [3.05, 3.63) is 0 Å². The second-order valence-corrected chi connectivity index (χ2v) is 7.17. The number of nitrogens with zero attached hydrogens (tertiary/aromatic N) is 1. The second-order valence-electron chi connectivity index (χ2n) is 5.02. The Balaban J connectivity index is 2.07. The predicted molar refractivity (Wildman–Crippen MR) is 62.0 cm³/mol. The third-order valence-electron chi connectivity index (χ3n) is 3.28. The van der Waals surface area contributed by atoms with E-state index in [0.29, 0.717) is 0 Å². The van der Waals surface area contributed by atoms with E-state index >= 15 is 0 Å². The van der Waals surface area contributed by atoms with Crippen LogP contribution in [0.1, 0.15) is 13.8 Å². The third-order valence-corrected chi connectivity index (χ3v) is 5.02. The van der Waals surface area contributed by atoms with Crippen LogP contribution in [0.25, 0.3) is 0 Å². The average molecular weight is 248 g/mol. The molecule has 5 nitrogen and oxygen atoms in total. The molecule has 0 aromatic carbocycles. The molecule has 0 aromatic rings. The van der Waals surface area contributed by atoms with Crippen molar-refractivity contribution in [1.29, 1.82) is 0 Å². The van der Waals surface area contributed by atoms with Crippen LogP contribution in [0.15, 0.2) is 0 Å². The average Bonchev–Trinajstić information content (AvgIpc) is 2.38. The highest BCUT2D eigenvalue weighted by atomic mass is 32.2. The minimum atomic E-state index is -2.94. The first kappa shape index (κ1) is 12.3. The van der Waals surface area contributed by atoms with Crippen molar-refractivity contribution < 1.29 is 13.2 Å². The number of hydrogen-bond acceptors (Lipinski definition) is 5. The van der Waals surface area contributed by atoms with Crippen LogP contribution >= 0.6 is 0 Å². The summed E-state index contributed by atoms with van der Waals surface area (Å²) in [6.45, 7) is 5.58. The molecule has 2 rings (SSSR count). The van der Waals surface area contributed by atoms with Crippen molar-refractivity contribution in [2.45, 2.75) is 38.1 Å². The van der Waals surface area contributed by atoms with Gasteiger partial charge in [0, 0.05) is 25.2 Å². The summed E-state index contributed by atoms with van der Waals surface area (Å²) in [6, 6.07) is -0.277. The zero-order valence-electron chi connectivity index (χ0n) is 9.80. The maximum atomic E-state index is 11.5. The molecule has 0 radical (unpaired) electrons. The molecule has 2 N–H and O–H groups in total. The van der Waals surface area contributed by atoms with Gasteiger partial charge in [0.05, 0.1) is 23.7 Å². The van der Waals surface area contributed by atoms with Gasteiger partial charge in [0.15, 0.2) is 9.84 Å². The van der Waals surface area contributed by atoms with Gasteiger partial charge in [-0.3, -0.25) is 4.90 Å². The zero-order chi connectivity index (χ0) is 11.9. The maximum Gasteiger partial charge on any atom is 0.153 e. The Morgan fingerprint density at radius 1 is 1.19 bits per heavy atom. The van der Waals surface area contributed by atoms with Crippen molar-refractivity contribution in [1.82, 2.24) is 4.90 Å². The molecule has 0 aliphatic carbocycles. The molecule has 0 saturated carbocycles. The molecule has 94 valence electrons. The highest BCUT2D eigenvalue weighted by Crippen LogP contribution is 2.21. The number of ether oxygens (including phenoxy) is 1. The second kappa shape index (κ2) is 4.25. The molecule has 2 aliphatic heterocycles. The summed E-state index contributed by atoms with van der Waals surface area (Å²) >= 11 is 0. The quantitative estimate of drug-likeness (QED) is 0.659. The largest absolute Gasteiger partial charge is 0.373 e. The van der Waals surface area contributed by atoms with Gasteiger partial charge in [-0.1, -0.05) is 0 Å². The fourth-order valence-electron chi connectivity index (χ4n) is 2.72. The van der Waals surface area contributed by atoms with Crippen molar-refractivity contribution in [2.75, 3.05) is 24.6 Å². The van der Waals surface area contributed by atoms with Crippen LogP contribution in [0.2, 0.25) is 0 Å². The first-order valence-corrected chi connectivity index (χ1v) is 7.55. The lowest BCUT2D eigenvalue weighted by atomic mass is 10.1. The van der Waals surface area contributed by atoms with Crippen LogP contribution < -0.4 is 5.73 Å². The molecule has 0 amide bonds. The summed E-state index contributed by atoms with van der Waals surface area (Å²) < 4.78 is 28.7. The molecule has 0 spiro atoms. The molecule has 2 fully saturated rings. The fourth-order valence-corrected chi connectivity index (χ4v) is 4.64. The van der Waals surface area contributed by atoms with Crippen LogP contribution in [0.4, 0.5) is 0 Å². The van der Waals surface area contributed by atoms with Gasteiger partial charge in [-0.15, -0.1) is 0 Å². The zero-order valence-corrected chi connectivity index (χ0v) is 10.6. The predicted octanol–water partition coefficient (Wildman–Crippen LogP) is -0.780. The summed E-state index contributed by atoms with van der Waals surface area (Å²) in [6.07, 6.45) is 0.304. The van der Waals surface area contributed by atoms with Gasteiger partial charge < -0.3 is 10.5 Å². The Morgan fingerprint density at radius 3 is 2.19 bits per heavy atom. The SMILES string of the molecule is CC1CN(C2CS(=O)(=O)CC2N)CC(C)O1. The minimum Gasteiger partial charge on any atom is -0.373 e. The lowest BCUT2D eigenvalue weighted by Crippen LogP contribution is -2.55. The smallest absolute Gasteiger partial charge is 0.153 e. The highest BCUT2D eigenvalue weighted by Gasteiger charge is 2.40. The number of rotatable bonds is 1. The van der Waals surface area contributed by atoms with Gasteiger partial charge in [-0.2, -0.15) is 0 Å². The van der Waals surface area contributed by atoms with Crippen molar-refractivity contribution >= 4 is 9.84 Å². The van der Waals surface area contributed by atoms with E-state index in [0.717, 1.165) is 13.1 Å². The first-order chi connectivity index (χ1) is 7.37. The fraction of sp³-hybridized carbons (Fsp3) is 1.00. The molecule has 4 unspecified atom stereocenters. The first-order valence-electron chi connectivity index (χ1n) is 5.73. The topological polar surface area (TPSA) is 72.6 Å². The molecule has 0 aromatic heterocycles. The van der Waals surface area contributed by atoms with Crippen LogP contribution in [0.5, 0.6) is 0 Å². The molecule has 4 atom stereocenters. The Bertz CT molecular complexity index is 347. The number of nitrogens with two attached hydrogens (primary N) is 1. The standard InChI is InChI=1S/C10H20N2O3S/c1-7-3-12(4-8(2)15-7)10-6-16(13,14)5-9(10)11/h7-10H,3-6,11H2,1-2H3. The normalized spacial score (nSPS) is 44.7. The maximum absolute atomic E-state index is 11.5. The lowest BCUT2D eigenvalue weighted by molar-refractivity contribution is -0.0789. The molecule has 2 heterocycles. The Labute approximate surface area is 96.9 Å². The monoisotopic (exact) mass is 248 g/mol. The van der Waals surface area contributed by atoms with Crippen LogP contribution in [0.3, 0.4) is 0 Å². The summed E-state index contributed by atoms with van der Waals surface area (Å²) in [5, 5.41) is 0. The minimum absolute atomic E-state index is 0.0289. The third kappa shape index (κ3) is 2.56.